The molecule has 1 unspecified atom stereocenters. The van der Waals surface area contributed by atoms with Crippen LogP contribution >= 0.6 is 0 Å². The molecule has 4 nitrogen and oxygen atoms in total. The molecule has 0 aromatic carbocycles. The monoisotopic (exact) mass is 440 g/mol. The fourth-order valence-corrected chi connectivity index (χ4v) is 3.85. The Balaban J connectivity index is 3.73. The highest BCUT2D eigenvalue weighted by atomic mass is 16.5. The second-order valence-electron chi connectivity index (χ2n) is 9.01. The lowest BCUT2D eigenvalue weighted by molar-refractivity contribution is -0.151. The van der Waals surface area contributed by atoms with E-state index >= 15 is 0 Å². The summed E-state index contributed by atoms with van der Waals surface area (Å²) in [5, 5.41) is 0. The van der Waals surface area contributed by atoms with Crippen molar-refractivity contribution >= 4 is 11.9 Å². The van der Waals surface area contributed by atoms with Crippen molar-refractivity contribution in [1.82, 2.24) is 0 Å². The molecule has 0 saturated heterocycles. The first-order valence-corrected chi connectivity index (χ1v) is 13.5. The van der Waals surface area contributed by atoms with Gasteiger partial charge in [0.1, 0.15) is 6.10 Å². The number of rotatable bonds is 23. The smallest absolute Gasteiger partial charge is 0.306 e. The van der Waals surface area contributed by atoms with Crippen LogP contribution in [0.25, 0.3) is 0 Å². The van der Waals surface area contributed by atoms with Crippen LogP contribution in [0.1, 0.15) is 149 Å². The van der Waals surface area contributed by atoms with Crippen LogP contribution in [0.15, 0.2) is 0 Å². The van der Waals surface area contributed by atoms with Gasteiger partial charge in [-0.3, -0.25) is 9.59 Å². The average molecular weight is 441 g/mol. The summed E-state index contributed by atoms with van der Waals surface area (Å²) < 4.78 is 11.0. The van der Waals surface area contributed by atoms with E-state index in [1.165, 1.54) is 64.2 Å². The van der Waals surface area contributed by atoms with Crippen molar-refractivity contribution in [2.45, 2.75) is 155 Å². The van der Waals surface area contributed by atoms with E-state index in [1.54, 1.807) is 0 Å². The molecule has 184 valence electrons. The Morgan fingerprint density at radius 1 is 0.548 bits per heavy atom. The van der Waals surface area contributed by atoms with Crippen molar-refractivity contribution in [3.63, 3.8) is 0 Å². The standard InChI is InChI=1S/C27H52O4/c1-4-7-9-11-13-15-17-22-26(28)30-24-19-21-25(20-6-3)31-27(29)23-18-16-14-12-10-8-5-2/h25H,4-24H2,1-3H3. The number of unbranched alkanes of at least 4 members (excludes halogenated alkanes) is 12. The first-order valence-electron chi connectivity index (χ1n) is 13.5. The van der Waals surface area contributed by atoms with Crippen molar-refractivity contribution in [2.24, 2.45) is 0 Å². The lowest BCUT2D eigenvalue weighted by atomic mass is 10.1. The van der Waals surface area contributed by atoms with Gasteiger partial charge in [0.15, 0.2) is 0 Å². The summed E-state index contributed by atoms with van der Waals surface area (Å²) in [5.74, 6) is -0.153. The zero-order valence-electron chi connectivity index (χ0n) is 21.1. The van der Waals surface area contributed by atoms with Crippen LogP contribution in [-0.2, 0) is 19.1 Å². The van der Waals surface area contributed by atoms with E-state index in [0.717, 1.165) is 51.4 Å². The summed E-state index contributed by atoms with van der Waals surface area (Å²) in [7, 11) is 0. The molecule has 0 fully saturated rings. The van der Waals surface area contributed by atoms with Gasteiger partial charge in [-0.1, -0.05) is 104 Å². The molecule has 0 bridgehead atoms. The molecule has 0 saturated carbocycles. The zero-order valence-corrected chi connectivity index (χ0v) is 21.1. The Hall–Kier alpha value is -1.06. The van der Waals surface area contributed by atoms with E-state index in [0.29, 0.717) is 19.4 Å². The minimum absolute atomic E-state index is 0.0381. The lowest BCUT2D eigenvalue weighted by Crippen LogP contribution is -2.19. The van der Waals surface area contributed by atoms with Crippen molar-refractivity contribution in [3.8, 4) is 0 Å². The van der Waals surface area contributed by atoms with Crippen molar-refractivity contribution in [2.75, 3.05) is 6.61 Å². The quantitative estimate of drug-likeness (QED) is 0.118. The molecule has 0 heterocycles. The molecule has 0 amide bonds. The second-order valence-corrected chi connectivity index (χ2v) is 9.01. The summed E-state index contributed by atoms with van der Waals surface area (Å²) in [6.07, 6.45) is 21.3. The van der Waals surface area contributed by atoms with Gasteiger partial charge < -0.3 is 9.47 Å². The van der Waals surface area contributed by atoms with Gasteiger partial charge in [0.2, 0.25) is 0 Å². The van der Waals surface area contributed by atoms with E-state index in [1.807, 2.05) is 0 Å². The minimum Gasteiger partial charge on any atom is -0.466 e. The molecule has 4 heteroatoms. The molecule has 0 aromatic rings. The number of carbonyl (C=O) groups excluding carboxylic acids is 2. The number of hydrogen-bond acceptors (Lipinski definition) is 4. The van der Waals surface area contributed by atoms with Gasteiger partial charge in [0.05, 0.1) is 6.61 Å². The first kappa shape index (κ1) is 29.9. The van der Waals surface area contributed by atoms with Gasteiger partial charge >= 0.3 is 11.9 Å². The Morgan fingerprint density at radius 2 is 1.03 bits per heavy atom. The minimum atomic E-state index is -0.0865. The first-order chi connectivity index (χ1) is 15.1. The summed E-state index contributed by atoms with van der Waals surface area (Å²) in [4.78, 5) is 24.0. The summed E-state index contributed by atoms with van der Waals surface area (Å²) in [6, 6.07) is 0. The van der Waals surface area contributed by atoms with Gasteiger partial charge in [0, 0.05) is 12.8 Å². The molecule has 31 heavy (non-hydrogen) atoms. The Bertz CT molecular complexity index is 408. The Labute approximate surface area is 193 Å². The van der Waals surface area contributed by atoms with Crippen LogP contribution in [0.4, 0.5) is 0 Å². The predicted molar refractivity (Wildman–Crippen MR) is 130 cm³/mol. The number of carbonyl (C=O) groups is 2. The molecule has 0 spiro atoms. The molecule has 0 aliphatic carbocycles. The largest absolute Gasteiger partial charge is 0.466 e. The number of hydrogen-bond donors (Lipinski definition) is 0. The zero-order chi connectivity index (χ0) is 23.0. The Morgan fingerprint density at radius 3 is 1.55 bits per heavy atom. The number of esters is 2. The van der Waals surface area contributed by atoms with Gasteiger partial charge in [-0.25, -0.2) is 0 Å². The van der Waals surface area contributed by atoms with Gasteiger partial charge in [-0.2, -0.15) is 0 Å². The topological polar surface area (TPSA) is 52.6 Å². The Kier molecular flexibility index (Phi) is 22.8. The van der Waals surface area contributed by atoms with Gasteiger partial charge in [-0.15, -0.1) is 0 Å². The third kappa shape index (κ3) is 21.9. The maximum absolute atomic E-state index is 12.1. The van der Waals surface area contributed by atoms with Crippen molar-refractivity contribution in [1.29, 1.82) is 0 Å². The molecule has 0 rings (SSSR count). The van der Waals surface area contributed by atoms with Crippen LogP contribution in [0.3, 0.4) is 0 Å². The molecule has 1 atom stereocenters. The van der Waals surface area contributed by atoms with Crippen LogP contribution in [0, 0.1) is 0 Å². The van der Waals surface area contributed by atoms with Crippen molar-refractivity contribution in [3.05, 3.63) is 0 Å². The number of ether oxygens (including phenoxy) is 2. The molecule has 0 radical (unpaired) electrons. The SMILES string of the molecule is CCCCCCCCCC(=O)OCCCC(CCC)OC(=O)CCCCCCCCC. The summed E-state index contributed by atoms with van der Waals surface area (Å²) >= 11 is 0. The van der Waals surface area contributed by atoms with Gasteiger partial charge in [0.25, 0.3) is 0 Å². The predicted octanol–water partition coefficient (Wildman–Crippen LogP) is 8.30. The highest BCUT2D eigenvalue weighted by molar-refractivity contribution is 5.69. The average Bonchev–Trinajstić information content (AvgIpc) is 2.75. The van der Waals surface area contributed by atoms with E-state index < -0.39 is 0 Å². The van der Waals surface area contributed by atoms with E-state index in [9.17, 15) is 9.59 Å². The lowest BCUT2D eigenvalue weighted by Gasteiger charge is -2.17. The normalized spacial score (nSPS) is 12.0. The second kappa shape index (κ2) is 23.6. The molecule has 0 aliphatic heterocycles. The van der Waals surface area contributed by atoms with Crippen LogP contribution in [-0.4, -0.2) is 24.6 Å². The fraction of sp³-hybridized carbons (Fsp3) is 0.926. The van der Waals surface area contributed by atoms with Gasteiger partial charge in [-0.05, 0) is 32.1 Å². The summed E-state index contributed by atoms with van der Waals surface area (Å²) in [6.45, 7) is 7.00. The third-order valence-corrected chi connectivity index (χ3v) is 5.81. The molecule has 0 aromatic heterocycles. The highest BCUT2D eigenvalue weighted by Crippen LogP contribution is 2.14. The van der Waals surface area contributed by atoms with Crippen LogP contribution < -0.4 is 0 Å². The molecule has 0 N–H and O–H groups in total. The van der Waals surface area contributed by atoms with Crippen molar-refractivity contribution < 1.29 is 19.1 Å². The molecular formula is C27H52O4. The van der Waals surface area contributed by atoms with E-state index in [4.69, 9.17) is 9.47 Å². The molecular weight excluding hydrogens is 388 g/mol. The maximum atomic E-state index is 12.1. The third-order valence-electron chi connectivity index (χ3n) is 5.81. The van der Waals surface area contributed by atoms with E-state index in [-0.39, 0.29) is 18.0 Å². The van der Waals surface area contributed by atoms with E-state index in [2.05, 4.69) is 20.8 Å². The summed E-state index contributed by atoms with van der Waals surface area (Å²) in [5.41, 5.74) is 0. The van der Waals surface area contributed by atoms with Crippen LogP contribution in [0.5, 0.6) is 0 Å². The fourth-order valence-electron chi connectivity index (χ4n) is 3.85. The van der Waals surface area contributed by atoms with Crippen LogP contribution in [0.2, 0.25) is 0 Å². The maximum Gasteiger partial charge on any atom is 0.306 e. The molecule has 0 aliphatic rings. The highest BCUT2D eigenvalue weighted by Gasteiger charge is 2.14.